The van der Waals surface area contributed by atoms with Crippen molar-refractivity contribution in [2.45, 2.75) is 22.2 Å². The van der Waals surface area contributed by atoms with E-state index in [-0.39, 0.29) is 17.9 Å². The van der Waals surface area contributed by atoms with E-state index in [1.165, 1.54) is 24.3 Å². The number of nitrogens with zero attached hydrogens (tertiary/aromatic N) is 1. The lowest BCUT2D eigenvalue weighted by Gasteiger charge is -2.40. The number of urea groups is 1. The van der Waals surface area contributed by atoms with E-state index in [1.807, 2.05) is 6.07 Å². The first-order chi connectivity index (χ1) is 13.6. The van der Waals surface area contributed by atoms with Gasteiger partial charge in [0.15, 0.2) is 15.4 Å². The third kappa shape index (κ3) is 4.03. The quantitative estimate of drug-likeness (QED) is 0.659. The number of carboxylic acids is 1. The monoisotopic (exact) mass is 420 g/mol. The van der Waals surface area contributed by atoms with Gasteiger partial charge in [0.25, 0.3) is 0 Å². The van der Waals surface area contributed by atoms with Crippen LogP contribution in [0.25, 0.3) is 0 Å². The van der Waals surface area contributed by atoms with E-state index in [4.69, 9.17) is 10.5 Å². The van der Waals surface area contributed by atoms with Crippen molar-refractivity contribution >= 4 is 21.8 Å². The van der Waals surface area contributed by atoms with Crippen LogP contribution in [-0.2, 0) is 14.6 Å². The molecule has 0 saturated carbocycles. The molecule has 1 aliphatic heterocycles. The number of rotatable bonds is 5. The molecule has 9 nitrogen and oxygen atoms in total. The molecule has 2 aromatic carbocycles. The molecule has 4 N–H and O–H groups in total. The van der Waals surface area contributed by atoms with Crippen LogP contribution in [0.1, 0.15) is 6.42 Å². The van der Waals surface area contributed by atoms with Gasteiger partial charge in [-0.15, -0.1) is 0 Å². The Morgan fingerprint density at radius 1 is 1.07 bits per heavy atom. The van der Waals surface area contributed by atoms with Crippen LogP contribution in [0.4, 0.5) is 4.79 Å². The topological polar surface area (TPSA) is 147 Å². The molecule has 10 heteroatoms. The third-order valence-corrected chi connectivity index (χ3v) is 7.12. The van der Waals surface area contributed by atoms with E-state index in [1.54, 1.807) is 24.3 Å². The van der Waals surface area contributed by atoms with Gasteiger partial charge in [0, 0.05) is 6.54 Å². The van der Waals surface area contributed by atoms with E-state index >= 15 is 0 Å². The summed E-state index contributed by atoms with van der Waals surface area (Å²) in [6, 6.07) is 13.4. The molecule has 29 heavy (non-hydrogen) atoms. The van der Waals surface area contributed by atoms with Crippen LogP contribution < -0.4 is 10.5 Å². The molecule has 2 unspecified atom stereocenters. The van der Waals surface area contributed by atoms with Gasteiger partial charge in [-0.25, -0.2) is 18.0 Å². The van der Waals surface area contributed by atoms with Crippen LogP contribution >= 0.6 is 0 Å². The first kappa shape index (κ1) is 20.6. The zero-order chi connectivity index (χ0) is 21.2. The Balaban J connectivity index is 1.87. The van der Waals surface area contributed by atoms with Crippen LogP contribution in [0.5, 0.6) is 11.5 Å². The molecule has 0 spiro atoms. The molecule has 2 amide bonds. The average Bonchev–Trinajstić information content (AvgIpc) is 2.68. The largest absolute Gasteiger partial charge is 0.479 e. The van der Waals surface area contributed by atoms with E-state index < -0.39 is 39.2 Å². The fourth-order valence-corrected chi connectivity index (χ4v) is 5.22. The number of primary amides is 1. The predicted molar refractivity (Wildman–Crippen MR) is 102 cm³/mol. The Labute approximate surface area is 167 Å². The molecule has 1 fully saturated rings. The lowest BCUT2D eigenvalue weighted by molar-refractivity contribution is -0.162. The van der Waals surface area contributed by atoms with Crippen LogP contribution in [-0.4, -0.2) is 59.5 Å². The standard InChI is InChI=1S/C19H20N2O7S/c20-18(24)21-11-10-16(19(25,12-21)17(22)23)29(26,27)15-8-6-14(7-9-15)28-13-4-2-1-3-5-13/h1-9,16,25H,10-12H2,(H2,20,24)(H,22,23). The number of sulfone groups is 1. The fraction of sp³-hybridized carbons (Fsp3) is 0.263. The summed E-state index contributed by atoms with van der Waals surface area (Å²) < 4.78 is 31.7. The zero-order valence-corrected chi connectivity index (χ0v) is 16.1. The maximum atomic E-state index is 13.1. The van der Waals surface area contributed by atoms with Crippen molar-refractivity contribution in [2.24, 2.45) is 5.73 Å². The summed E-state index contributed by atoms with van der Waals surface area (Å²) in [5.74, 6) is -0.768. The number of piperidine rings is 1. The first-order valence-corrected chi connectivity index (χ1v) is 10.3. The number of benzene rings is 2. The lowest BCUT2D eigenvalue weighted by Crippen LogP contribution is -2.65. The minimum Gasteiger partial charge on any atom is -0.479 e. The predicted octanol–water partition coefficient (Wildman–Crippen LogP) is 1.22. The van der Waals surface area contributed by atoms with Crippen molar-refractivity contribution in [1.82, 2.24) is 4.90 Å². The highest BCUT2D eigenvalue weighted by Crippen LogP contribution is 2.33. The Morgan fingerprint density at radius 3 is 2.21 bits per heavy atom. The van der Waals surface area contributed by atoms with E-state index in [9.17, 15) is 28.2 Å². The van der Waals surface area contributed by atoms with Crippen LogP contribution in [0.2, 0.25) is 0 Å². The first-order valence-electron chi connectivity index (χ1n) is 8.71. The van der Waals surface area contributed by atoms with E-state index in [0.717, 1.165) is 4.90 Å². The minimum absolute atomic E-state index is 0.0793. The number of aliphatic carboxylic acids is 1. The molecule has 2 aromatic rings. The van der Waals surface area contributed by atoms with E-state index in [2.05, 4.69) is 0 Å². The van der Waals surface area contributed by atoms with Gasteiger partial charge < -0.3 is 25.6 Å². The van der Waals surface area contributed by atoms with Crippen LogP contribution in [0.15, 0.2) is 59.5 Å². The van der Waals surface area contributed by atoms with Crippen molar-refractivity contribution in [3.63, 3.8) is 0 Å². The van der Waals surface area contributed by atoms with Crippen LogP contribution in [0.3, 0.4) is 0 Å². The number of aliphatic hydroxyl groups is 1. The molecule has 1 heterocycles. The number of likely N-dealkylation sites (tertiary alicyclic amines) is 1. The highest BCUT2D eigenvalue weighted by molar-refractivity contribution is 7.92. The van der Waals surface area contributed by atoms with Gasteiger partial charge >= 0.3 is 12.0 Å². The number of amides is 2. The highest BCUT2D eigenvalue weighted by atomic mass is 32.2. The number of hydrogen-bond acceptors (Lipinski definition) is 6. The summed E-state index contributed by atoms with van der Waals surface area (Å²) in [4.78, 5) is 23.8. The third-order valence-electron chi connectivity index (χ3n) is 4.81. The maximum Gasteiger partial charge on any atom is 0.338 e. The number of ether oxygens (including phenoxy) is 1. The number of hydrogen-bond donors (Lipinski definition) is 3. The normalized spacial score (nSPS) is 22.1. The number of carbonyl (C=O) groups excluding carboxylic acids is 1. The number of carbonyl (C=O) groups is 2. The van der Waals surface area contributed by atoms with Gasteiger partial charge in [-0.1, -0.05) is 18.2 Å². The highest BCUT2D eigenvalue weighted by Gasteiger charge is 2.55. The maximum absolute atomic E-state index is 13.1. The number of β-amino-alcohol motifs (C(OH)–C–C–N with tert-alkyl or cyclic N) is 1. The van der Waals surface area contributed by atoms with Crippen molar-refractivity contribution in [2.75, 3.05) is 13.1 Å². The summed E-state index contributed by atoms with van der Waals surface area (Å²) in [5.41, 5.74) is 2.48. The fourth-order valence-electron chi connectivity index (χ4n) is 3.28. The van der Waals surface area contributed by atoms with Crippen molar-refractivity contribution < 1.29 is 33.0 Å². The smallest absolute Gasteiger partial charge is 0.338 e. The summed E-state index contributed by atoms with van der Waals surface area (Å²) in [7, 11) is -4.22. The minimum atomic E-state index is -4.22. The Morgan fingerprint density at radius 2 is 1.66 bits per heavy atom. The Bertz CT molecular complexity index is 1010. The summed E-state index contributed by atoms with van der Waals surface area (Å²) >= 11 is 0. The average molecular weight is 420 g/mol. The molecule has 1 saturated heterocycles. The van der Waals surface area contributed by atoms with Crippen molar-refractivity contribution in [3.05, 3.63) is 54.6 Å². The summed E-state index contributed by atoms with van der Waals surface area (Å²) in [6.45, 7) is -0.791. The lowest BCUT2D eigenvalue weighted by atomic mass is 9.92. The number of carboxylic acid groups (broad SMARTS) is 1. The van der Waals surface area contributed by atoms with Gasteiger partial charge in [-0.05, 0) is 42.8 Å². The van der Waals surface area contributed by atoms with Gasteiger partial charge in [-0.2, -0.15) is 0 Å². The second-order valence-corrected chi connectivity index (χ2v) is 8.83. The van der Waals surface area contributed by atoms with Crippen molar-refractivity contribution in [3.8, 4) is 11.5 Å². The molecule has 0 aromatic heterocycles. The molecule has 3 rings (SSSR count). The molecule has 0 aliphatic carbocycles. The Kier molecular flexibility index (Phi) is 5.49. The van der Waals surface area contributed by atoms with Crippen molar-refractivity contribution in [1.29, 1.82) is 0 Å². The van der Waals surface area contributed by atoms with Gasteiger partial charge in [0.2, 0.25) is 0 Å². The zero-order valence-electron chi connectivity index (χ0n) is 15.3. The molecule has 154 valence electrons. The molecular weight excluding hydrogens is 400 g/mol. The second-order valence-electron chi connectivity index (χ2n) is 6.70. The SMILES string of the molecule is NC(=O)N1CCC(S(=O)(=O)c2ccc(Oc3ccccc3)cc2)C(O)(C(=O)O)C1. The summed E-state index contributed by atoms with van der Waals surface area (Å²) in [5, 5.41) is 18.5. The number of nitrogens with two attached hydrogens (primary N) is 1. The molecule has 0 radical (unpaired) electrons. The molecule has 1 aliphatic rings. The second kappa shape index (κ2) is 7.72. The number of para-hydroxylation sites is 1. The molecule has 0 bridgehead atoms. The van der Waals surface area contributed by atoms with E-state index in [0.29, 0.717) is 11.5 Å². The van der Waals surface area contributed by atoms with Gasteiger partial charge in [0.1, 0.15) is 16.7 Å². The van der Waals surface area contributed by atoms with Crippen LogP contribution in [0, 0.1) is 0 Å². The molecule has 2 atom stereocenters. The molecular formula is C19H20N2O7S. The van der Waals surface area contributed by atoms with Gasteiger partial charge in [0.05, 0.1) is 11.4 Å². The Hall–Kier alpha value is -3.11. The summed E-state index contributed by atoms with van der Waals surface area (Å²) in [6.07, 6.45) is -0.268. The van der Waals surface area contributed by atoms with Gasteiger partial charge in [-0.3, -0.25) is 0 Å².